The number of methoxy groups -OCH3 is 1. The zero-order chi connectivity index (χ0) is 17.7. The molecule has 0 aliphatic heterocycles. The summed E-state index contributed by atoms with van der Waals surface area (Å²) in [5.74, 6) is -0.515. The Balaban J connectivity index is 2.34. The van der Waals surface area contributed by atoms with Crippen LogP contribution in [-0.4, -0.2) is 32.2 Å². The van der Waals surface area contributed by atoms with Gasteiger partial charge in [0.25, 0.3) is 0 Å². The number of nitrogens with zero attached hydrogens (tertiary/aromatic N) is 2. The van der Waals surface area contributed by atoms with Crippen molar-refractivity contribution in [3.63, 3.8) is 0 Å². The Morgan fingerprint density at radius 3 is 2.58 bits per heavy atom. The van der Waals surface area contributed by atoms with Gasteiger partial charge in [0, 0.05) is 10.7 Å². The number of carbonyl (C=O) groups is 1. The third-order valence-corrected chi connectivity index (χ3v) is 5.58. The van der Waals surface area contributed by atoms with Crippen molar-refractivity contribution >= 4 is 37.6 Å². The standard InChI is InChI=1S/C16H17BrN2O4S/c1-3-24(21,22)19(15-6-4-5-13(17)9-15)11-14-8-7-12(10-18-14)16(20)23-2/h4-10H,3,11H2,1-2H3. The molecule has 1 heterocycles. The first kappa shape index (κ1) is 18.4. The molecule has 0 amide bonds. The van der Waals surface area contributed by atoms with Crippen LogP contribution in [0.1, 0.15) is 23.0 Å². The fourth-order valence-corrected chi connectivity index (χ4v) is 3.50. The first-order valence-corrected chi connectivity index (χ1v) is 9.57. The smallest absolute Gasteiger partial charge is 0.339 e. The van der Waals surface area contributed by atoms with E-state index in [1.54, 1.807) is 37.3 Å². The number of aromatic nitrogens is 1. The molecule has 128 valence electrons. The minimum atomic E-state index is -3.48. The molecule has 1 aromatic heterocycles. The van der Waals surface area contributed by atoms with Crippen molar-refractivity contribution in [3.8, 4) is 0 Å². The summed E-state index contributed by atoms with van der Waals surface area (Å²) in [6.07, 6.45) is 1.37. The lowest BCUT2D eigenvalue weighted by Gasteiger charge is -2.23. The van der Waals surface area contributed by atoms with E-state index in [0.717, 1.165) is 4.47 Å². The molecule has 0 fully saturated rings. The van der Waals surface area contributed by atoms with E-state index in [9.17, 15) is 13.2 Å². The van der Waals surface area contributed by atoms with Gasteiger partial charge in [-0.25, -0.2) is 13.2 Å². The lowest BCUT2D eigenvalue weighted by atomic mass is 10.2. The van der Waals surface area contributed by atoms with Crippen molar-refractivity contribution < 1.29 is 17.9 Å². The van der Waals surface area contributed by atoms with E-state index in [1.807, 2.05) is 6.07 Å². The molecular formula is C16H17BrN2O4S. The van der Waals surface area contributed by atoms with E-state index in [-0.39, 0.29) is 12.3 Å². The lowest BCUT2D eigenvalue weighted by Crippen LogP contribution is -2.32. The minimum Gasteiger partial charge on any atom is -0.465 e. The van der Waals surface area contributed by atoms with Crippen molar-refractivity contribution in [2.24, 2.45) is 0 Å². The number of hydrogen-bond acceptors (Lipinski definition) is 5. The molecule has 8 heteroatoms. The monoisotopic (exact) mass is 412 g/mol. The molecule has 24 heavy (non-hydrogen) atoms. The second-order valence-electron chi connectivity index (χ2n) is 4.92. The average molecular weight is 413 g/mol. The minimum absolute atomic E-state index is 0.0280. The molecule has 0 atom stereocenters. The third-order valence-electron chi connectivity index (χ3n) is 3.35. The van der Waals surface area contributed by atoms with Crippen molar-refractivity contribution in [1.82, 2.24) is 4.98 Å². The summed E-state index contributed by atoms with van der Waals surface area (Å²) in [4.78, 5) is 15.6. The van der Waals surface area contributed by atoms with Gasteiger partial charge in [0.1, 0.15) is 0 Å². The second-order valence-corrected chi connectivity index (χ2v) is 8.01. The van der Waals surface area contributed by atoms with E-state index < -0.39 is 16.0 Å². The van der Waals surface area contributed by atoms with Gasteiger partial charge >= 0.3 is 5.97 Å². The maximum atomic E-state index is 12.4. The number of rotatable bonds is 6. The summed E-state index contributed by atoms with van der Waals surface area (Å²) in [5, 5.41) is 0. The highest BCUT2D eigenvalue weighted by atomic mass is 79.9. The van der Waals surface area contributed by atoms with Gasteiger partial charge in [-0.05, 0) is 37.3 Å². The molecule has 0 aliphatic carbocycles. The summed E-state index contributed by atoms with van der Waals surface area (Å²) in [7, 11) is -2.19. The third kappa shape index (κ3) is 4.33. The van der Waals surface area contributed by atoms with Gasteiger partial charge in [-0.2, -0.15) is 0 Å². The second kappa shape index (κ2) is 7.76. The molecule has 0 radical (unpaired) electrons. The number of sulfonamides is 1. The predicted octanol–water partition coefficient (Wildman–Crippen LogP) is 2.99. The quantitative estimate of drug-likeness (QED) is 0.681. The van der Waals surface area contributed by atoms with Gasteiger partial charge in [-0.3, -0.25) is 9.29 Å². The Bertz CT molecular complexity index is 822. The maximum Gasteiger partial charge on any atom is 0.339 e. The molecule has 2 aromatic rings. The average Bonchev–Trinajstić information content (AvgIpc) is 2.59. The Kier molecular flexibility index (Phi) is 5.95. The van der Waals surface area contributed by atoms with Crippen molar-refractivity contribution in [1.29, 1.82) is 0 Å². The van der Waals surface area contributed by atoms with Gasteiger partial charge in [0.2, 0.25) is 10.0 Å². The molecule has 0 saturated heterocycles. The van der Waals surface area contributed by atoms with Crippen LogP contribution in [-0.2, 0) is 21.3 Å². The van der Waals surface area contributed by atoms with Crippen LogP contribution in [0.3, 0.4) is 0 Å². The van der Waals surface area contributed by atoms with E-state index >= 15 is 0 Å². The molecule has 0 bridgehead atoms. The van der Waals surface area contributed by atoms with E-state index in [4.69, 9.17) is 0 Å². The van der Waals surface area contributed by atoms with Crippen LogP contribution in [0.25, 0.3) is 0 Å². The number of hydrogen-bond donors (Lipinski definition) is 0. The van der Waals surface area contributed by atoms with E-state index in [0.29, 0.717) is 16.9 Å². The molecule has 0 saturated carbocycles. The topological polar surface area (TPSA) is 76.6 Å². The van der Waals surface area contributed by atoms with Gasteiger partial charge in [-0.1, -0.05) is 22.0 Å². The van der Waals surface area contributed by atoms with Gasteiger partial charge in [0.05, 0.1) is 36.4 Å². The highest BCUT2D eigenvalue weighted by Gasteiger charge is 2.22. The SMILES string of the molecule is CCS(=O)(=O)N(Cc1ccc(C(=O)OC)cn1)c1cccc(Br)c1. The normalized spacial score (nSPS) is 11.1. The molecule has 0 unspecified atom stereocenters. The number of pyridine rings is 1. The highest BCUT2D eigenvalue weighted by Crippen LogP contribution is 2.24. The first-order chi connectivity index (χ1) is 11.4. The molecule has 2 rings (SSSR count). The molecular weight excluding hydrogens is 396 g/mol. The van der Waals surface area contributed by atoms with Crippen LogP contribution in [0.5, 0.6) is 0 Å². The molecule has 1 aromatic carbocycles. The summed E-state index contributed by atoms with van der Waals surface area (Å²) in [5.41, 5.74) is 1.39. The van der Waals surface area contributed by atoms with E-state index in [1.165, 1.54) is 17.6 Å². The largest absolute Gasteiger partial charge is 0.465 e. The Morgan fingerprint density at radius 2 is 2.04 bits per heavy atom. The van der Waals surface area contributed by atoms with E-state index in [2.05, 4.69) is 25.7 Å². The van der Waals surface area contributed by atoms with Gasteiger partial charge in [-0.15, -0.1) is 0 Å². The summed E-state index contributed by atoms with van der Waals surface area (Å²) >= 11 is 3.35. The van der Waals surface area contributed by atoms with Crippen molar-refractivity contribution in [3.05, 3.63) is 58.3 Å². The van der Waals surface area contributed by atoms with Crippen LogP contribution >= 0.6 is 15.9 Å². The highest BCUT2D eigenvalue weighted by molar-refractivity contribution is 9.10. The molecule has 0 N–H and O–H groups in total. The Morgan fingerprint density at radius 1 is 1.29 bits per heavy atom. The molecule has 6 nitrogen and oxygen atoms in total. The van der Waals surface area contributed by atoms with Crippen LogP contribution in [0.15, 0.2) is 47.1 Å². The molecule has 0 aliphatic rings. The van der Waals surface area contributed by atoms with Crippen LogP contribution < -0.4 is 4.31 Å². The number of ether oxygens (including phenoxy) is 1. The fourth-order valence-electron chi connectivity index (χ4n) is 2.04. The Hall–Kier alpha value is -1.93. The van der Waals surface area contributed by atoms with Crippen LogP contribution in [0, 0.1) is 0 Å². The van der Waals surface area contributed by atoms with Gasteiger partial charge in [0.15, 0.2) is 0 Å². The summed E-state index contributed by atoms with van der Waals surface area (Å²) in [6, 6.07) is 10.2. The number of halogens is 1. The zero-order valence-corrected chi connectivity index (χ0v) is 15.7. The summed E-state index contributed by atoms with van der Waals surface area (Å²) < 4.78 is 31.6. The van der Waals surface area contributed by atoms with Crippen molar-refractivity contribution in [2.75, 3.05) is 17.2 Å². The summed E-state index contributed by atoms with van der Waals surface area (Å²) in [6.45, 7) is 1.67. The maximum absolute atomic E-state index is 12.4. The number of esters is 1. The predicted molar refractivity (Wildman–Crippen MR) is 95.4 cm³/mol. The zero-order valence-electron chi connectivity index (χ0n) is 13.3. The number of carbonyl (C=O) groups excluding carboxylic acids is 1. The lowest BCUT2D eigenvalue weighted by molar-refractivity contribution is 0.0600. The Labute approximate surface area is 149 Å². The van der Waals surface area contributed by atoms with Crippen LogP contribution in [0.2, 0.25) is 0 Å². The number of anilines is 1. The number of benzene rings is 1. The van der Waals surface area contributed by atoms with Gasteiger partial charge < -0.3 is 4.74 Å². The molecule has 0 spiro atoms. The van der Waals surface area contributed by atoms with Crippen LogP contribution in [0.4, 0.5) is 5.69 Å². The first-order valence-electron chi connectivity index (χ1n) is 7.16. The fraction of sp³-hybridized carbons (Fsp3) is 0.250. The van der Waals surface area contributed by atoms with Crippen molar-refractivity contribution in [2.45, 2.75) is 13.5 Å².